The largest absolute Gasteiger partial charge is 0.490 e. The monoisotopic (exact) mass is 528 g/mol. The van der Waals surface area contributed by atoms with E-state index in [1.807, 2.05) is 0 Å². The molecule has 1 fully saturated rings. The lowest BCUT2D eigenvalue weighted by Gasteiger charge is -2.27. The van der Waals surface area contributed by atoms with Crippen LogP contribution in [-0.2, 0) is 31.6 Å². The minimum Gasteiger partial charge on any atom is -0.389 e. The fourth-order valence-corrected chi connectivity index (χ4v) is 6.27. The van der Waals surface area contributed by atoms with Gasteiger partial charge in [-0.3, -0.25) is 4.52 Å². The van der Waals surface area contributed by atoms with Crippen molar-refractivity contribution in [1.29, 1.82) is 0 Å². The van der Waals surface area contributed by atoms with Gasteiger partial charge in [-0.1, -0.05) is 5.92 Å². The molecule has 0 spiro atoms. The lowest BCUT2D eigenvalue weighted by molar-refractivity contribution is -0.0873. The molecular weight excluding hydrogens is 509 g/mol. The van der Waals surface area contributed by atoms with Crippen molar-refractivity contribution >= 4 is 40.3 Å². The summed E-state index contributed by atoms with van der Waals surface area (Å²) in [4.78, 5) is 44.1. The lowest BCUT2D eigenvalue weighted by atomic mass is 9.99. The highest BCUT2D eigenvalue weighted by Crippen LogP contribution is 2.66. The number of nitrogens with zero attached hydrogens (tertiary/aromatic N) is 3. The smallest absolute Gasteiger partial charge is 0.389 e. The van der Waals surface area contributed by atoms with Gasteiger partial charge < -0.3 is 39.7 Å². The summed E-state index contributed by atoms with van der Waals surface area (Å²) in [5.41, 5.74) is 4.94. The molecule has 2 aromatic heterocycles. The number of hydrogen-bond acceptors (Lipinski definition) is 11. The number of aliphatic hydroxyl groups is 1. The predicted octanol–water partition coefficient (Wildman–Crippen LogP) is 0.317. The molecule has 1 aliphatic heterocycles. The number of nitrogen functional groups attached to an aromatic ring is 1. The van der Waals surface area contributed by atoms with E-state index in [9.17, 15) is 28.6 Å². The van der Waals surface area contributed by atoms with Crippen molar-refractivity contribution in [3.8, 4) is 12.3 Å². The summed E-state index contributed by atoms with van der Waals surface area (Å²) >= 11 is 0. The van der Waals surface area contributed by atoms with Crippen molar-refractivity contribution in [2.45, 2.75) is 31.3 Å². The molecule has 0 bridgehead atoms. The molecule has 0 aliphatic carbocycles. The van der Waals surface area contributed by atoms with Gasteiger partial charge in [0.2, 0.25) is 0 Å². The van der Waals surface area contributed by atoms with E-state index in [1.54, 1.807) is 13.1 Å². The number of aryl methyl sites for hydroxylation is 1. The van der Waals surface area contributed by atoms with Gasteiger partial charge in [-0.15, -0.1) is 6.42 Å². The average Bonchev–Trinajstić information content (AvgIpc) is 3.15. The molecule has 4 unspecified atom stereocenters. The molecule has 19 heteroatoms. The van der Waals surface area contributed by atoms with Crippen LogP contribution < -0.4 is 5.73 Å². The molecule has 33 heavy (non-hydrogen) atoms. The Labute approximate surface area is 185 Å². The topological polar surface area (TPSA) is 246 Å². The summed E-state index contributed by atoms with van der Waals surface area (Å²) in [5.74, 6) is 2.34. The van der Waals surface area contributed by atoms with Gasteiger partial charge in [0.05, 0.1) is 5.39 Å². The number of ether oxygens (including phenoxy) is 1. The number of aliphatic hydroxyl groups excluding tert-OH is 1. The molecule has 7 N–H and O–H groups in total. The molecule has 0 amide bonds. The number of rotatable bonds is 8. The third-order valence-electron chi connectivity index (χ3n) is 4.55. The lowest BCUT2D eigenvalue weighted by Crippen LogP contribution is -2.42. The number of phosphoric acid groups is 3. The SMILES string of the molecule is C#C[C@]1(COP(=O)(O)OP(=O)(O)OP(=O)(O)O)OC(n2cc(C)c3c(N)ncnc32)CC1O. The first-order valence-corrected chi connectivity index (χ1v) is 13.3. The van der Waals surface area contributed by atoms with Crippen molar-refractivity contribution in [2.24, 2.45) is 0 Å². The van der Waals surface area contributed by atoms with Gasteiger partial charge in [0, 0.05) is 12.6 Å². The third kappa shape index (κ3) is 5.70. The Balaban J connectivity index is 1.79. The first-order chi connectivity index (χ1) is 15.1. The molecule has 1 saturated heterocycles. The van der Waals surface area contributed by atoms with Crippen LogP contribution in [0.3, 0.4) is 0 Å². The Bertz CT molecular complexity index is 1250. The van der Waals surface area contributed by atoms with Crippen LogP contribution >= 0.6 is 23.5 Å². The molecule has 2 aromatic rings. The molecule has 0 saturated carbocycles. The Kier molecular flexibility index (Phi) is 6.94. The number of terminal acetylenes is 1. The van der Waals surface area contributed by atoms with E-state index in [0.717, 1.165) is 0 Å². The summed E-state index contributed by atoms with van der Waals surface area (Å²) in [6, 6.07) is 0. The van der Waals surface area contributed by atoms with E-state index in [-0.39, 0.29) is 12.2 Å². The highest BCUT2D eigenvalue weighted by Gasteiger charge is 2.51. The Morgan fingerprint density at radius 1 is 1.27 bits per heavy atom. The summed E-state index contributed by atoms with van der Waals surface area (Å²) in [5, 5.41) is 11.1. The van der Waals surface area contributed by atoms with Crippen LogP contribution in [0.15, 0.2) is 12.5 Å². The zero-order chi connectivity index (χ0) is 24.8. The Hall–Kier alpha value is -1.69. The van der Waals surface area contributed by atoms with E-state index in [1.165, 1.54) is 10.9 Å². The van der Waals surface area contributed by atoms with Crippen molar-refractivity contribution in [3.63, 3.8) is 0 Å². The minimum absolute atomic E-state index is 0.114. The van der Waals surface area contributed by atoms with Gasteiger partial charge in [0.1, 0.15) is 36.7 Å². The van der Waals surface area contributed by atoms with Crippen LogP contribution in [0, 0.1) is 19.3 Å². The Morgan fingerprint density at radius 3 is 2.55 bits per heavy atom. The molecule has 3 heterocycles. The van der Waals surface area contributed by atoms with Gasteiger partial charge in [0.15, 0.2) is 5.60 Å². The first kappa shape index (κ1) is 25.9. The number of nitrogens with two attached hydrogens (primary N) is 1. The number of aromatic nitrogens is 3. The van der Waals surface area contributed by atoms with Crippen molar-refractivity contribution in [2.75, 3.05) is 12.3 Å². The second-order valence-corrected chi connectivity index (χ2v) is 11.3. The fourth-order valence-electron chi connectivity index (χ4n) is 3.22. The van der Waals surface area contributed by atoms with Crippen molar-refractivity contribution < 1.29 is 56.3 Å². The summed E-state index contributed by atoms with van der Waals surface area (Å²) in [7, 11) is -16.7. The maximum atomic E-state index is 12.0. The van der Waals surface area contributed by atoms with Gasteiger partial charge >= 0.3 is 23.5 Å². The van der Waals surface area contributed by atoms with E-state index in [2.05, 4.69) is 29.0 Å². The third-order valence-corrected chi connectivity index (χ3v) is 8.33. The standard InChI is InChI=1S/C14H19N4O12P3/c1-3-14(6-27-32(23,24)30-33(25,26)29-31(20,21)22)9(19)4-10(28-14)18-5-8(2)11-12(15)16-7-17-13(11)18/h1,5,7,9-10,19H,4,6H2,2H3,(H,23,24)(H,25,26)(H2,15,16,17)(H2,20,21,22)/t9?,10?,14-/m1/s1. The zero-order valence-electron chi connectivity index (χ0n) is 16.7. The van der Waals surface area contributed by atoms with Crippen LogP contribution in [0.2, 0.25) is 0 Å². The maximum Gasteiger partial charge on any atom is 0.490 e. The number of fused-ring (bicyclic) bond motifs is 1. The van der Waals surface area contributed by atoms with E-state index < -0.39 is 48.0 Å². The number of hydrogen-bond donors (Lipinski definition) is 6. The van der Waals surface area contributed by atoms with Gasteiger partial charge in [-0.25, -0.2) is 23.7 Å². The molecule has 0 aromatic carbocycles. The molecule has 16 nitrogen and oxygen atoms in total. The quantitative estimate of drug-likeness (QED) is 0.199. The second kappa shape index (κ2) is 8.83. The van der Waals surface area contributed by atoms with Crippen LogP contribution in [0.1, 0.15) is 18.2 Å². The highest BCUT2D eigenvalue weighted by atomic mass is 31.3. The first-order valence-electron chi connectivity index (χ1n) is 8.78. The van der Waals surface area contributed by atoms with Gasteiger partial charge in [0.25, 0.3) is 0 Å². The number of anilines is 1. The highest BCUT2D eigenvalue weighted by molar-refractivity contribution is 7.66. The normalized spacial score (nSPS) is 27.2. The van der Waals surface area contributed by atoms with E-state index in [0.29, 0.717) is 16.6 Å². The van der Waals surface area contributed by atoms with Crippen LogP contribution in [0.25, 0.3) is 11.0 Å². The molecular formula is C14H19N4O12P3. The molecule has 182 valence electrons. The summed E-state index contributed by atoms with van der Waals surface area (Å²) in [6.45, 7) is 0.730. The molecule has 5 atom stereocenters. The zero-order valence-corrected chi connectivity index (χ0v) is 19.3. The van der Waals surface area contributed by atoms with Crippen LogP contribution in [0.5, 0.6) is 0 Å². The van der Waals surface area contributed by atoms with Gasteiger partial charge in [-0.05, 0) is 12.5 Å². The second-order valence-electron chi connectivity index (χ2n) is 6.90. The van der Waals surface area contributed by atoms with Crippen LogP contribution in [0.4, 0.5) is 5.82 Å². The number of phosphoric ester groups is 1. The predicted molar refractivity (Wildman–Crippen MR) is 109 cm³/mol. The van der Waals surface area contributed by atoms with Crippen LogP contribution in [-0.4, -0.2) is 57.5 Å². The minimum atomic E-state index is -5.72. The average molecular weight is 528 g/mol. The van der Waals surface area contributed by atoms with Crippen molar-refractivity contribution in [1.82, 2.24) is 14.5 Å². The van der Waals surface area contributed by atoms with Gasteiger partial charge in [-0.2, -0.15) is 8.62 Å². The van der Waals surface area contributed by atoms with Crippen molar-refractivity contribution in [3.05, 3.63) is 18.1 Å². The summed E-state index contributed by atoms with van der Waals surface area (Å²) in [6.07, 6.45) is 5.83. The molecule has 1 aliphatic rings. The molecule has 0 radical (unpaired) electrons. The van der Waals surface area contributed by atoms with E-state index in [4.69, 9.17) is 26.7 Å². The summed E-state index contributed by atoms with van der Waals surface area (Å²) < 4.78 is 53.3. The molecule has 3 rings (SSSR count). The van der Waals surface area contributed by atoms with E-state index >= 15 is 0 Å². The Morgan fingerprint density at radius 2 is 1.94 bits per heavy atom. The fraction of sp³-hybridized carbons (Fsp3) is 0.429. The maximum absolute atomic E-state index is 12.0.